The van der Waals surface area contributed by atoms with E-state index in [0.717, 1.165) is 0 Å². The monoisotopic (exact) mass is 371 g/mol. The number of sulfonamides is 1. The Balaban J connectivity index is 1.77. The van der Waals surface area contributed by atoms with Gasteiger partial charge >= 0.3 is 0 Å². The molecule has 0 spiro atoms. The molecule has 0 radical (unpaired) electrons. The summed E-state index contributed by atoms with van der Waals surface area (Å²) in [5, 5.41) is 15.6. The van der Waals surface area contributed by atoms with E-state index in [0.29, 0.717) is 44.8 Å². The smallest absolute Gasteiger partial charge is 0.260 e. The molecule has 3 fully saturated rings. The SMILES string of the molecule is Cc1cnn(C)c1S(=O)(=O)N1C[C@@H]2COCC[C@]2(O)[C@H]2COCC[C@H]21. The van der Waals surface area contributed by atoms with Crippen LogP contribution in [-0.2, 0) is 26.5 Å². The van der Waals surface area contributed by atoms with Crippen LogP contribution in [0.4, 0.5) is 0 Å². The van der Waals surface area contributed by atoms with Crippen LogP contribution in [0.2, 0.25) is 0 Å². The topological polar surface area (TPSA) is 93.9 Å². The molecule has 4 atom stereocenters. The number of hydrogen-bond donors (Lipinski definition) is 1. The van der Waals surface area contributed by atoms with E-state index in [1.165, 1.54) is 4.68 Å². The van der Waals surface area contributed by atoms with Gasteiger partial charge in [-0.2, -0.15) is 9.40 Å². The van der Waals surface area contributed by atoms with E-state index >= 15 is 0 Å². The van der Waals surface area contributed by atoms with Crippen LogP contribution >= 0.6 is 0 Å². The van der Waals surface area contributed by atoms with Crippen molar-refractivity contribution in [2.24, 2.45) is 18.9 Å². The summed E-state index contributed by atoms with van der Waals surface area (Å²) in [7, 11) is -2.07. The third-order valence-electron chi connectivity index (χ3n) is 6.01. The number of piperidine rings is 1. The van der Waals surface area contributed by atoms with Crippen molar-refractivity contribution in [3.8, 4) is 0 Å². The van der Waals surface area contributed by atoms with Crippen molar-refractivity contribution in [3.63, 3.8) is 0 Å². The normalized spacial score (nSPS) is 36.7. The number of aromatic nitrogens is 2. The van der Waals surface area contributed by atoms with E-state index in [4.69, 9.17) is 9.47 Å². The first-order valence-electron chi connectivity index (χ1n) is 8.74. The van der Waals surface area contributed by atoms with Crippen LogP contribution in [0.1, 0.15) is 18.4 Å². The fourth-order valence-electron chi connectivity index (χ4n) is 4.70. The Kier molecular flexibility index (Phi) is 4.19. The Morgan fingerprint density at radius 1 is 1.32 bits per heavy atom. The van der Waals surface area contributed by atoms with Gasteiger partial charge < -0.3 is 14.6 Å². The van der Waals surface area contributed by atoms with Crippen molar-refractivity contribution in [3.05, 3.63) is 11.8 Å². The lowest BCUT2D eigenvalue weighted by Gasteiger charge is -2.56. The second-order valence-corrected chi connectivity index (χ2v) is 9.19. The summed E-state index contributed by atoms with van der Waals surface area (Å²) in [6.07, 6.45) is 2.69. The van der Waals surface area contributed by atoms with Gasteiger partial charge in [0.1, 0.15) is 0 Å². The van der Waals surface area contributed by atoms with Crippen LogP contribution in [0.3, 0.4) is 0 Å². The first-order chi connectivity index (χ1) is 11.9. The lowest BCUT2D eigenvalue weighted by atomic mass is 9.67. The van der Waals surface area contributed by atoms with Crippen LogP contribution in [-0.4, -0.2) is 72.2 Å². The van der Waals surface area contributed by atoms with E-state index in [1.807, 2.05) is 0 Å². The van der Waals surface area contributed by atoms with Gasteiger partial charge in [0.2, 0.25) is 0 Å². The summed E-state index contributed by atoms with van der Waals surface area (Å²) in [6, 6.07) is -0.257. The van der Waals surface area contributed by atoms with E-state index in [-0.39, 0.29) is 29.4 Å². The van der Waals surface area contributed by atoms with Gasteiger partial charge in [0.05, 0.1) is 25.0 Å². The molecule has 3 aliphatic heterocycles. The van der Waals surface area contributed by atoms with Crippen molar-refractivity contribution >= 4 is 10.0 Å². The fourth-order valence-corrected chi connectivity index (χ4v) is 6.75. The predicted octanol–water partition coefficient (Wildman–Crippen LogP) is -0.0945. The van der Waals surface area contributed by atoms with E-state index in [1.54, 1.807) is 24.5 Å². The third-order valence-corrected chi connectivity index (χ3v) is 8.13. The zero-order chi connectivity index (χ0) is 17.8. The molecule has 4 heterocycles. The predicted molar refractivity (Wildman–Crippen MR) is 88.4 cm³/mol. The average Bonchev–Trinajstić information content (AvgIpc) is 2.93. The van der Waals surface area contributed by atoms with Crippen molar-refractivity contribution < 1.29 is 23.0 Å². The van der Waals surface area contributed by atoms with Crippen molar-refractivity contribution in [1.29, 1.82) is 0 Å². The molecule has 3 saturated heterocycles. The van der Waals surface area contributed by atoms with E-state index in [9.17, 15) is 13.5 Å². The Hall–Kier alpha value is -1.00. The maximum absolute atomic E-state index is 13.4. The molecule has 1 aromatic rings. The minimum Gasteiger partial charge on any atom is -0.389 e. The molecule has 140 valence electrons. The minimum absolute atomic E-state index is 0.222. The van der Waals surface area contributed by atoms with Gasteiger partial charge in [-0.1, -0.05) is 0 Å². The largest absolute Gasteiger partial charge is 0.389 e. The van der Waals surface area contributed by atoms with Crippen LogP contribution in [0, 0.1) is 18.8 Å². The lowest BCUT2D eigenvalue weighted by molar-refractivity contribution is -0.207. The maximum Gasteiger partial charge on any atom is 0.260 e. The summed E-state index contributed by atoms with van der Waals surface area (Å²) in [4.78, 5) is 0. The molecule has 0 saturated carbocycles. The molecule has 3 aliphatic rings. The van der Waals surface area contributed by atoms with Gasteiger partial charge in [-0.05, 0) is 13.3 Å². The molecule has 1 N–H and O–H groups in total. The van der Waals surface area contributed by atoms with Gasteiger partial charge in [-0.15, -0.1) is 0 Å². The molecule has 0 aliphatic carbocycles. The molecular weight excluding hydrogens is 346 g/mol. The quantitative estimate of drug-likeness (QED) is 0.781. The van der Waals surface area contributed by atoms with Gasteiger partial charge in [0.15, 0.2) is 5.03 Å². The van der Waals surface area contributed by atoms with Crippen LogP contribution in [0.5, 0.6) is 0 Å². The summed E-state index contributed by atoms with van der Waals surface area (Å²) in [5.41, 5.74) is -0.288. The van der Waals surface area contributed by atoms with E-state index in [2.05, 4.69) is 5.10 Å². The minimum atomic E-state index is -3.72. The zero-order valence-corrected chi connectivity index (χ0v) is 15.4. The number of aryl methyl sites for hydroxylation is 2. The van der Waals surface area contributed by atoms with Crippen molar-refractivity contribution in [2.45, 2.75) is 36.4 Å². The number of ether oxygens (including phenoxy) is 2. The fraction of sp³-hybridized carbons (Fsp3) is 0.812. The summed E-state index contributed by atoms with van der Waals surface area (Å²) < 4.78 is 41.0. The maximum atomic E-state index is 13.4. The number of nitrogens with zero attached hydrogens (tertiary/aromatic N) is 3. The van der Waals surface area contributed by atoms with Gasteiger partial charge in [0.25, 0.3) is 10.0 Å². The molecule has 0 bridgehead atoms. The second kappa shape index (κ2) is 6.02. The Morgan fingerprint density at radius 3 is 2.80 bits per heavy atom. The Morgan fingerprint density at radius 2 is 2.08 bits per heavy atom. The second-order valence-electron chi connectivity index (χ2n) is 7.38. The number of aliphatic hydroxyl groups is 1. The molecule has 25 heavy (non-hydrogen) atoms. The highest BCUT2D eigenvalue weighted by molar-refractivity contribution is 7.89. The molecule has 0 amide bonds. The average molecular weight is 371 g/mol. The van der Waals surface area contributed by atoms with Crippen LogP contribution in [0.15, 0.2) is 11.2 Å². The first-order valence-corrected chi connectivity index (χ1v) is 10.2. The molecule has 8 nitrogen and oxygen atoms in total. The van der Waals surface area contributed by atoms with Crippen LogP contribution in [0.25, 0.3) is 0 Å². The van der Waals surface area contributed by atoms with E-state index < -0.39 is 15.6 Å². The molecule has 1 aromatic heterocycles. The highest BCUT2D eigenvalue weighted by Gasteiger charge is 2.58. The first kappa shape index (κ1) is 17.4. The summed E-state index contributed by atoms with van der Waals surface area (Å²) >= 11 is 0. The standard InChI is InChI=1S/C16H25N3O5S/c1-11-7-17-18(2)15(11)25(21,22)19-8-12-9-24-6-4-16(12,20)13-10-23-5-3-14(13)19/h7,12-14,20H,3-6,8-10H2,1-2H3/t12-,13+,14-,16-/m1/s1. The molecule has 4 rings (SSSR count). The van der Waals surface area contributed by atoms with Crippen molar-refractivity contribution in [1.82, 2.24) is 14.1 Å². The molecule has 9 heteroatoms. The number of hydrogen-bond acceptors (Lipinski definition) is 6. The summed E-state index contributed by atoms with van der Waals surface area (Å²) in [5.74, 6) is -0.472. The Labute approximate surface area is 147 Å². The number of fused-ring (bicyclic) bond motifs is 3. The number of rotatable bonds is 2. The molecule has 0 aromatic carbocycles. The van der Waals surface area contributed by atoms with Gasteiger partial charge in [-0.3, -0.25) is 4.68 Å². The molecular formula is C16H25N3O5S. The Bertz CT molecular complexity index is 744. The van der Waals surface area contributed by atoms with Crippen LogP contribution < -0.4 is 0 Å². The third kappa shape index (κ3) is 2.56. The van der Waals surface area contributed by atoms with Gasteiger partial charge in [0, 0.05) is 56.7 Å². The highest BCUT2D eigenvalue weighted by Crippen LogP contribution is 2.45. The molecule has 0 unspecified atom stereocenters. The summed E-state index contributed by atoms with van der Waals surface area (Å²) in [6.45, 7) is 3.79. The van der Waals surface area contributed by atoms with Crippen molar-refractivity contribution in [2.75, 3.05) is 33.0 Å². The van der Waals surface area contributed by atoms with Gasteiger partial charge in [-0.25, -0.2) is 8.42 Å². The zero-order valence-electron chi connectivity index (χ0n) is 14.6. The highest BCUT2D eigenvalue weighted by atomic mass is 32.2. The lowest BCUT2D eigenvalue weighted by Crippen LogP contribution is -2.68.